The van der Waals surface area contributed by atoms with E-state index >= 15 is 0 Å². The van der Waals surface area contributed by atoms with Crippen molar-refractivity contribution in [1.82, 2.24) is 0 Å². The minimum atomic E-state index is -1.66. The van der Waals surface area contributed by atoms with Crippen LogP contribution in [0.25, 0.3) is 20.9 Å². The van der Waals surface area contributed by atoms with Crippen LogP contribution in [-0.4, -0.2) is 161 Å². The molecule has 0 aliphatic carbocycles. The van der Waals surface area contributed by atoms with Gasteiger partial charge in [0.2, 0.25) is 0 Å². The third-order valence-corrected chi connectivity index (χ3v) is 12.4. The summed E-state index contributed by atoms with van der Waals surface area (Å²) in [5.74, 6) is -2.13. The molecule has 15 atom stereocenters. The van der Waals surface area contributed by atoms with Crippen LogP contribution in [0.5, 0.6) is 0 Å². The number of rotatable bonds is 29. The minimum Gasteiger partial charge on any atom is -0.467 e. The summed E-state index contributed by atoms with van der Waals surface area (Å²) in [6.07, 6.45) is -10.0. The molecule has 23 heteroatoms. The van der Waals surface area contributed by atoms with Crippen LogP contribution in [0, 0.1) is 0 Å². The fourth-order valence-electron chi connectivity index (χ4n) is 7.74. The van der Waals surface area contributed by atoms with E-state index < -0.39 is 109 Å². The molecule has 68 heavy (non-hydrogen) atoms. The number of esters is 3. The second-order valence-electron chi connectivity index (χ2n) is 16.4. The first kappa shape index (κ1) is 56.8. The number of nitrogens with zero attached hydrogens (tertiary/aromatic N) is 6. The highest BCUT2D eigenvalue weighted by Crippen LogP contribution is 2.40. The molecule has 1 aromatic rings. The van der Waals surface area contributed by atoms with Gasteiger partial charge in [-0.2, -0.15) is 0 Å². The van der Waals surface area contributed by atoms with E-state index in [1.54, 1.807) is 0 Å². The van der Waals surface area contributed by atoms with Gasteiger partial charge in [0.1, 0.15) is 73.5 Å². The van der Waals surface area contributed by atoms with Crippen molar-refractivity contribution in [2.45, 2.75) is 189 Å². The number of aliphatic hydroxyl groups excluding tert-OH is 1. The van der Waals surface area contributed by atoms with Gasteiger partial charge in [-0.3, -0.25) is 9.59 Å². The molecule has 3 saturated heterocycles. The largest absolute Gasteiger partial charge is 0.467 e. The number of methoxy groups -OCH3 is 1. The van der Waals surface area contributed by atoms with Crippen molar-refractivity contribution in [2.24, 2.45) is 10.2 Å². The molecule has 0 bridgehead atoms. The Morgan fingerprint density at radius 2 is 1.15 bits per heavy atom. The molecule has 22 nitrogen and oxygen atoms in total. The summed E-state index contributed by atoms with van der Waals surface area (Å²) in [5.41, 5.74) is 18.7. The van der Waals surface area contributed by atoms with E-state index in [-0.39, 0.29) is 33.0 Å². The lowest BCUT2D eigenvalue weighted by Gasteiger charge is -2.50. The molecular weight excluding hydrogens is 913 g/mol. The fraction of sp³-hybridized carbons (Fsp3) is 0.800. The molecule has 0 radical (unpaired) electrons. The summed E-state index contributed by atoms with van der Waals surface area (Å²) in [6.45, 7) is 10.6. The average molecular weight is 983 g/mol. The molecule has 0 spiro atoms. The van der Waals surface area contributed by atoms with Crippen molar-refractivity contribution in [3.05, 3.63) is 51.2 Å². The number of aliphatic hydroxyl groups is 1. The Balaban J connectivity index is 1.83. The Labute approximate surface area is 402 Å². The summed E-state index contributed by atoms with van der Waals surface area (Å²) in [7, 11) is 1.16. The second kappa shape index (κ2) is 30.7. The van der Waals surface area contributed by atoms with E-state index in [4.69, 9.17) is 56.8 Å². The predicted octanol–water partition coefficient (Wildman–Crippen LogP) is 6.48. The summed E-state index contributed by atoms with van der Waals surface area (Å²) < 4.78 is 74.9. The lowest BCUT2D eigenvalue weighted by Crippen LogP contribution is -2.68. The molecule has 0 amide bonds. The van der Waals surface area contributed by atoms with Crippen molar-refractivity contribution >= 4 is 29.7 Å². The zero-order valence-corrected chi connectivity index (χ0v) is 40.9. The van der Waals surface area contributed by atoms with E-state index in [0.717, 1.165) is 37.7 Å². The number of carbonyl (C=O) groups excluding carboxylic acids is 3. The number of ether oxygens (including phenoxy) is 12. The molecule has 4 rings (SSSR count). The number of azide groups is 2. The third kappa shape index (κ3) is 16.7. The molecule has 0 aromatic heterocycles. The van der Waals surface area contributed by atoms with Crippen LogP contribution in [-0.2, 0) is 71.2 Å². The minimum absolute atomic E-state index is 0.146. The molecule has 3 fully saturated rings. The van der Waals surface area contributed by atoms with Gasteiger partial charge in [-0.15, -0.1) is 0 Å². The van der Waals surface area contributed by atoms with E-state index in [2.05, 4.69) is 20.1 Å². The highest BCUT2D eigenvalue weighted by atomic mass is 32.2. The monoisotopic (exact) mass is 982 g/mol. The van der Waals surface area contributed by atoms with Crippen molar-refractivity contribution < 1.29 is 76.3 Å². The highest BCUT2D eigenvalue weighted by molar-refractivity contribution is 7.99. The molecule has 382 valence electrons. The maximum Gasteiger partial charge on any atom is 0.337 e. The lowest BCUT2D eigenvalue weighted by atomic mass is 9.94. The Hall–Kier alpha value is -3.80. The van der Waals surface area contributed by atoms with Crippen molar-refractivity contribution in [3.63, 3.8) is 0 Å². The van der Waals surface area contributed by atoms with Gasteiger partial charge in [0.05, 0.1) is 19.3 Å². The number of hydrogen-bond donors (Lipinski definition) is 1. The third-order valence-electron chi connectivity index (χ3n) is 11.3. The van der Waals surface area contributed by atoms with Crippen molar-refractivity contribution in [1.29, 1.82) is 0 Å². The normalized spacial score (nSPS) is 31.4. The first-order chi connectivity index (χ1) is 33.0. The van der Waals surface area contributed by atoms with Gasteiger partial charge in [-0.05, 0) is 48.9 Å². The van der Waals surface area contributed by atoms with Gasteiger partial charge >= 0.3 is 17.9 Å². The van der Waals surface area contributed by atoms with Crippen LogP contribution in [0.1, 0.15) is 92.9 Å². The van der Waals surface area contributed by atoms with Crippen LogP contribution in [0.2, 0.25) is 0 Å². The first-order valence-corrected chi connectivity index (χ1v) is 24.4. The van der Waals surface area contributed by atoms with E-state index in [1.807, 2.05) is 58.0 Å². The van der Waals surface area contributed by atoms with E-state index in [9.17, 15) is 30.6 Å². The molecule has 1 aromatic carbocycles. The SMILES string of the molecule is CCCCOC1C(OCCCC)[C@H](O[C@H]2OC(COC(C)=O)[C@@H](OCCCC)[C@H](OCCCC)C2N=[N+]=[N-])C(C(=O)OC)O[C@H]1O[C@@H]1C(COC(C)=O)OC(Sc2ccccc2)[C@@H](N=[N+]=[N-])C1O. The number of thioether (sulfide) groups is 1. The zero-order valence-electron chi connectivity index (χ0n) is 40.1. The summed E-state index contributed by atoms with van der Waals surface area (Å²) >= 11 is 1.19. The smallest absolute Gasteiger partial charge is 0.337 e. The van der Waals surface area contributed by atoms with Gasteiger partial charge in [-0.25, -0.2) is 4.79 Å². The molecular formula is C45H70N6O16S. The predicted molar refractivity (Wildman–Crippen MR) is 244 cm³/mol. The molecule has 3 heterocycles. The fourth-order valence-corrected chi connectivity index (χ4v) is 8.87. The Kier molecular flexibility index (Phi) is 25.7. The summed E-state index contributed by atoms with van der Waals surface area (Å²) in [6, 6.07) is 6.65. The Bertz CT molecular complexity index is 1760. The van der Waals surface area contributed by atoms with Crippen molar-refractivity contribution in [2.75, 3.05) is 46.8 Å². The molecule has 1 N–H and O–H groups in total. The number of hydrogen-bond acceptors (Lipinski definition) is 19. The number of unbranched alkanes of at least 4 members (excludes halogenated alkanes) is 4. The van der Waals surface area contributed by atoms with Crippen LogP contribution in [0.3, 0.4) is 0 Å². The van der Waals surface area contributed by atoms with Crippen LogP contribution in [0.4, 0.5) is 0 Å². The molecule has 3 aliphatic heterocycles. The number of benzene rings is 1. The topological polar surface area (TPSA) is 280 Å². The zero-order chi connectivity index (χ0) is 49.4. The van der Waals surface area contributed by atoms with Gasteiger partial charge in [-0.1, -0.05) is 93.6 Å². The molecule has 8 unspecified atom stereocenters. The maximum absolute atomic E-state index is 14.1. The van der Waals surface area contributed by atoms with Crippen molar-refractivity contribution in [3.8, 4) is 0 Å². The van der Waals surface area contributed by atoms with Gasteiger partial charge in [0.15, 0.2) is 18.7 Å². The van der Waals surface area contributed by atoms with Gasteiger partial charge < -0.3 is 61.9 Å². The average Bonchev–Trinajstić information content (AvgIpc) is 3.32. The van der Waals surface area contributed by atoms with Crippen LogP contribution in [0.15, 0.2) is 45.5 Å². The van der Waals surface area contributed by atoms with Crippen LogP contribution >= 0.6 is 11.8 Å². The molecule has 3 aliphatic rings. The standard InChI is InChI=1S/C45H70N6O16S/c1-8-12-21-57-36-31(26-62-28(6)53)63-43(33(49-51-47)37(36)58-22-13-9-2)66-39-38(59-23-14-10-3)41(60-24-15-11-4)44(67-40(39)42(55)56-7)65-35-30(25-61-27(5)52)64-45(32(34(35)54)48-50-46)68-29-19-17-16-18-20-29/h16-20,30-41,43-45,54H,8-15,21-26H2,1-7H3/t30?,31?,32-,33?,34?,35+,36+,37+,38?,39-,40?,41?,43+,44+,45?/m0/s1. The van der Waals surface area contributed by atoms with E-state index in [1.165, 1.54) is 25.6 Å². The summed E-state index contributed by atoms with van der Waals surface area (Å²) in [5, 5.41) is 20.1. The quantitative estimate of drug-likeness (QED) is 0.0224. The van der Waals surface area contributed by atoms with Gasteiger partial charge in [0.25, 0.3) is 0 Å². The molecule has 0 saturated carbocycles. The maximum atomic E-state index is 14.1. The Morgan fingerprint density at radius 1 is 0.647 bits per heavy atom. The van der Waals surface area contributed by atoms with E-state index in [0.29, 0.717) is 32.3 Å². The lowest BCUT2D eigenvalue weighted by molar-refractivity contribution is -0.364. The van der Waals surface area contributed by atoms with Crippen LogP contribution < -0.4 is 0 Å². The van der Waals surface area contributed by atoms with Gasteiger partial charge in [0, 0.05) is 55.0 Å². The number of carbonyl (C=O) groups is 3. The highest BCUT2D eigenvalue weighted by Gasteiger charge is 2.58. The summed E-state index contributed by atoms with van der Waals surface area (Å²) in [4.78, 5) is 45.3. The first-order valence-electron chi connectivity index (χ1n) is 23.5. The second-order valence-corrected chi connectivity index (χ2v) is 17.6. The Morgan fingerprint density at radius 3 is 1.68 bits per heavy atom.